The van der Waals surface area contributed by atoms with Crippen LogP contribution in [-0.2, 0) is 10.2 Å². The molecule has 1 aliphatic rings. The van der Waals surface area contributed by atoms with Gasteiger partial charge in [-0.3, -0.25) is 9.78 Å². The second-order valence-corrected chi connectivity index (χ2v) is 5.16. The Morgan fingerprint density at radius 2 is 2.00 bits per heavy atom. The summed E-state index contributed by atoms with van der Waals surface area (Å²) in [5.74, 6) is -0.00593. The molecule has 1 amide bonds. The molecular formula is C15H13ClN2O. The molecule has 1 N–H and O–H groups in total. The third-order valence-electron chi connectivity index (χ3n) is 3.49. The fourth-order valence-corrected chi connectivity index (χ4v) is 2.60. The van der Waals surface area contributed by atoms with Gasteiger partial charge in [0, 0.05) is 11.2 Å². The topological polar surface area (TPSA) is 42.0 Å². The number of carbonyl (C=O) groups is 1. The van der Waals surface area contributed by atoms with E-state index in [0.29, 0.717) is 10.7 Å². The van der Waals surface area contributed by atoms with Gasteiger partial charge >= 0.3 is 0 Å². The van der Waals surface area contributed by atoms with Crippen LogP contribution < -0.4 is 5.32 Å². The summed E-state index contributed by atoms with van der Waals surface area (Å²) in [7, 11) is 0. The molecule has 0 bridgehead atoms. The fourth-order valence-electron chi connectivity index (χ4n) is 2.28. The van der Waals surface area contributed by atoms with Gasteiger partial charge in [-0.05, 0) is 36.6 Å². The lowest BCUT2D eigenvalue weighted by atomic mass is 9.95. The highest BCUT2D eigenvalue weighted by Crippen LogP contribution is 2.51. The summed E-state index contributed by atoms with van der Waals surface area (Å²) in [6, 6.07) is 11.2. The van der Waals surface area contributed by atoms with Crippen molar-refractivity contribution in [2.24, 2.45) is 0 Å². The van der Waals surface area contributed by atoms with Crippen molar-refractivity contribution in [3.63, 3.8) is 0 Å². The number of aromatic nitrogens is 1. The lowest BCUT2D eigenvalue weighted by Crippen LogP contribution is -2.28. The van der Waals surface area contributed by atoms with Crippen LogP contribution >= 0.6 is 11.6 Å². The Labute approximate surface area is 116 Å². The zero-order valence-corrected chi connectivity index (χ0v) is 11.0. The Hall–Kier alpha value is -1.87. The van der Waals surface area contributed by atoms with Crippen LogP contribution in [0.15, 0.2) is 48.8 Å². The standard InChI is InChI=1S/C15H13ClN2O/c16-13-6-2-1-5-12(13)15(7-8-15)14(19)18-11-4-3-9-17-10-11/h1-6,9-10H,7-8H2,(H,18,19). The Morgan fingerprint density at radius 1 is 1.21 bits per heavy atom. The number of pyridine rings is 1. The van der Waals surface area contributed by atoms with Crippen LogP contribution in [0.2, 0.25) is 5.02 Å². The molecule has 0 unspecified atom stereocenters. The first kappa shape index (κ1) is 12.2. The Kier molecular flexibility index (Phi) is 2.99. The van der Waals surface area contributed by atoms with Gasteiger partial charge in [-0.2, -0.15) is 0 Å². The minimum Gasteiger partial charge on any atom is -0.324 e. The molecule has 0 radical (unpaired) electrons. The van der Waals surface area contributed by atoms with E-state index >= 15 is 0 Å². The zero-order valence-electron chi connectivity index (χ0n) is 10.3. The fraction of sp³-hybridized carbons (Fsp3) is 0.200. The van der Waals surface area contributed by atoms with Crippen molar-refractivity contribution in [3.05, 3.63) is 59.4 Å². The summed E-state index contributed by atoms with van der Waals surface area (Å²) in [6.07, 6.45) is 4.99. The molecule has 1 heterocycles. The highest BCUT2D eigenvalue weighted by molar-refractivity contribution is 6.32. The molecule has 0 atom stereocenters. The third-order valence-corrected chi connectivity index (χ3v) is 3.82. The van der Waals surface area contributed by atoms with Gasteiger partial charge in [0.2, 0.25) is 5.91 Å². The number of hydrogen-bond acceptors (Lipinski definition) is 2. The Morgan fingerprint density at radius 3 is 2.63 bits per heavy atom. The van der Waals surface area contributed by atoms with Crippen molar-refractivity contribution in [3.8, 4) is 0 Å². The van der Waals surface area contributed by atoms with Gasteiger partial charge in [-0.15, -0.1) is 0 Å². The smallest absolute Gasteiger partial charge is 0.235 e. The van der Waals surface area contributed by atoms with Crippen LogP contribution in [-0.4, -0.2) is 10.9 Å². The van der Waals surface area contributed by atoms with Crippen molar-refractivity contribution >= 4 is 23.2 Å². The summed E-state index contributed by atoms with van der Waals surface area (Å²) in [5, 5.41) is 3.56. The number of carbonyl (C=O) groups excluding carboxylic acids is 1. The molecule has 0 aliphatic heterocycles. The van der Waals surface area contributed by atoms with Gasteiger partial charge in [0.05, 0.1) is 17.3 Å². The zero-order chi connectivity index (χ0) is 13.3. The number of amides is 1. The first-order valence-electron chi connectivity index (χ1n) is 6.19. The molecule has 96 valence electrons. The minimum absolute atomic E-state index is 0.00593. The molecule has 4 heteroatoms. The lowest BCUT2D eigenvalue weighted by molar-refractivity contribution is -0.118. The van der Waals surface area contributed by atoms with Crippen molar-refractivity contribution in [1.82, 2.24) is 4.98 Å². The van der Waals surface area contributed by atoms with E-state index in [-0.39, 0.29) is 5.91 Å². The number of benzene rings is 1. The molecule has 1 aromatic carbocycles. The minimum atomic E-state index is -0.464. The van der Waals surface area contributed by atoms with E-state index in [2.05, 4.69) is 10.3 Å². The van der Waals surface area contributed by atoms with Gasteiger partial charge < -0.3 is 5.32 Å². The SMILES string of the molecule is O=C(Nc1cccnc1)C1(c2ccccc2Cl)CC1. The maximum absolute atomic E-state index is 12.5. The Balaban J connectivity index is 1.86. The maximum Gasteiger partial charge on any atom is 0.235 e. The van der Waals surface area contributed by atoms with Crippen molar-refractivity contribution < 1.29 is 4.79 Å². The number of anilines is 1. The van der Waals surface area contributed by atoms with E-state index in [1.807, 2.05) is 30.3 Å². The number of nitrogens with one attached hydrogen (secondary N) is 1. The first-order chi connectivity index (χ1) is 9.22. The molecule has 3 rings (SSSR count). The maximum atomic E-state index is 12.5. The van der Waals surface area contributed by atoms with Gasteiger partial charge in [0.25, 0.3) is 0 Å². The van der Waals surface area contributed by atoms with Gasteiger partial charge in [0.1, 0.15) is 0 Å². The van der Waals surface area contributed by atoms with Crippen LogP contribution in [0.5, 0.6) is 0 Å². The molecule has 1 fully saturated rings. The lowest BCUT2D eigenvalue weighted by Gasteiger charge is -2.16. The molecule has 1 saturated carbocycles. The largest absolute Gasteiger partial charge is 0.324 e. The second kappa shape index (κ2) is 4.67. The predicted molar refractivity (Wildman–Crippen MR) is 75.2 cm³/mol. The van der Waals surface area contributed by atoms with Gasteiger partial charge in [-0.25, -0.2) is 0 Å². The van der Waals surface area contributed by atoms with E-state index in [9.17, 15) is 4.79 Å². The van der Waals surface area contributed by atoms with Crippen molar-refractivity contribution in [1.29, 1.82) is 0 Å². The quantitative estimate of drug-likeness (QED) is 0.930. The number of halogens is 1. The molecule has 1 aliphatic carbocycles. The monoisotopic (exact) mass is 272 g/mol. The molecular weight excluding hydrogens is 260 g/mol. The van der Waals surface area contributed by atoms with Crippen LogP contribution in [0.25, 0.3) is 0 Å². The summed E-state index contributed by atoms with van der Waals surface area (Å²) < 4.78 is 0. The number of nitrogens with zero attached hydrogens (tertiary/aromatic N) is 1. The van der Waals surface area contributed by atoms with E-state index in [4.69, 9.17) is 11.6 Å². The van der Waals surface area contributed by atoms with Crippen molar-refractivity contribution in [2.75, 3.05) is 5.32 Å². The van der Waals surface area contributed by atoms with Crippen molar-refractivity contribution in [2.45, 2.75) is 18.3 Å². The number of hydrogen-bond donors (Lipinski definition) is 1. The summed E-state index contributed by atoms with van der Waals surface area (Å²) >= 11 is 6.20. The Bertz CT molecular complexity index is 609. The summed E-state index contributed by atoms with van der Waals surface area (Å²) in [6.45, 7) is 0. The average molecular weight is 273 g/mol. The van der Waals surface area contributed by atoms with Crippen LogP contribution in [0.1, 0.15) is 18.4 Å². The summed E-state index contributed by atoms with van der Waals surface area (Å²) in [4.78, 5) is 16.4. The molecule has 0 saturated heterocycles. The van der Waals surface area contributed by atoms with E-state index < -0.39 is 5.41 Å². The van der Waals surface area contributed by atoms with Crippen LogP contribution in [0.4, 0.5) is 5.69 Å². The number of rotatable bonds is 3. The second-order valence-electron chi connectivity index (χ2n) is 4.76. The highest BCUT2D eigenvalue weighted by Gasteiger charge is 2.52. The first-order valence-corrected chi connectivity index (χ1v) is 6.57. The molecule has 2 aromatic rings. The van der Waals surface area contributed by atoms with E-state index in [1.165, 1.54) is 0 Å². The van der Waals surface area contributed by atoms with E-state index in [1.54, 1.807) is 18.5 Å². The summed E-state index contributed by atoms with van der Waals surface area (Å²) in [5.41, 5.74) is 1.16. The van der Waals surface area contributed by atoms with Crippen LogP contribution in [0, 0.1) is 0 Å². The van der Waals surface area contributed by atoms with Crippen LogP contribution in [0.3, 0.4) is 0 Å². The molecule has 3 nitrogen and oxygen atoms in total. The highest BCUT2D eigenvalue weighted by atomic mass is 35.5. The molecule has 0 spiro atoms. The molecule has 1 aromatic heterocycles. The van der Waals surface area contributed by atoms with E-state index in [0.717, 1.165) is 18.4 Å². The average Bonchev–Trinajstić information content (AvgIpc) is 3.22. The van der Waals surface area contributed by atoms with Gasteiger partial charge in [0.15, 0.2) is 0 Å². The predicted octanol–water partition coefficient (Wildman–Crippen LogP) is 3.41. The third kappa shape index (κ3) is 2.22. The van der Waals surface area contributed by atoms with Gasteiger partial charge in [-0.1, -0.05) is 29.8 Å². The molecule has 19 heavy (non-hydrogen) atoms. The normalized spacial score (nSPS) is 15.8.